The summed E-state index contributed by atoms with van der Waals surface area (Å²) in [5, 5.41) is 3.12. The van der Waals surface area contributed by atoms with E-state index in [0.29, 0.717) is 12.5 Å². The molecular formula is C16H31N3O. The maximum absolute atomic E-state index is 12.1. The highest BCUT2D eigenvalue weighted by atomic mass is 16.1. The van der Waals surface area contributed by atoms with Crippen molar-refractivity contribution in [2.75, 3.05) is 26.2 Å². The minimum absolute atomic E-state index is 0.175. The first-order chi connectivity index (χ1) is 9.72. The molecule has 1 amide bonds. The van der Waals surface area contributed by atoms with E-state index in [0.717, 1.165) is 44.8 Å². The largest absolute Gasteiger partial charge is 0.356 e. The van der Waals surface area contributed by atoms with Crippen LogP contribution in [0.15, 0.2) is 0 Å². The molecule has 2 aliphatic rings. The summed E-state index contributed by atoms with van der Waals surface area (Å²) in [6, 6.07) is 0.718. The van der Waals surface area contributed by atoms with Gasteiger partial charge >= 0.3 is 0 Å². The third-order valence-electron chi connectivity index (χ3n) is 5.16. The van der Waals surface area contributed by atoms with Crippen molar-refractivity contribution >= 4 is 5.91 Å². The Hall–Kier alpha value is -0.610. The van der Waals surface area contributed by atoms with Crippen molar-refractivity contribution in [3.05, 3.63) is 0 Å². The Morgan fingerprint density at radius 2 is 2.10 bits per heavy atom. The molecule has 3 unspecified atom stereocenters. The number of piperidine rings is 1. The van der Waals surface area contributed by atoms with Gasteiger partial charge in [0.15, 0.2) is 0 Å². The molecule has 0 aromatic rings. The van der Waals surface area contributed by atoms with Gasteiger partial charge in [0.1, 0.15) is 0 Å². The van der Waals surface area contributed by atoms with Crippen molar-refractivity contribution in [3.8, 4) is 0 Å². The average molecular weight is 281 g/mol. The number of amides is 1. The van der Waals surface area contributed by atoms with Crippen LogP contribution in [-0.2, 0) is 4.79 Å². The Balaban J connectivity index is 1.61. The Bertz CT molecular complexity index is 308. The molecule has 0 radical (unpaired) electrons. The number of carbonyl (C=O) groups is 1. The SMILES string of the molecule is CC1CCCCN1CCCNC(=O)C1CCCC1CN. The third kappa shape index (κ3) is 4.19. The molecule has 1 aliphatic carbocycles. The van der Waals surface area contributed by atoms with Crippen LogP contribution in [0.25, 0.3) is 0 Å². The van der Waals surface area contributed by atoms with Crippen molar-refractivity contribution in [1.82, 2.24) is 10.2 Å². The highest BCUT2D eigenvalue weighted by Gasteiger charge is 2.31. The Kier molecular flexibility index (Phi) is 6.30. The molecule has 4 heteroatoms. The smallest absolute Gasteiger partial charge is 0.223 e. The molecule has 0 bridgehead atoms. The topological polar surface area (TPSA) is 58.4 Å². The molecule has 3 atom stereocenters. The van der Waals surface area contributed by atoms with Crippen LogP contribution in [0.2, 0.25) is 0 Å². The molecule has 2 rings (SSSR count). The molecule has 2 fully saturated rings. The van der Waals surface area contributed by atoms with Crippen LogP contribution in [0.5, 0.6) is 0 Å². The van der Waals surface area contributed by atoms with E-state index in [1.807, 2.05) is 0 Å². The fourth-order valence-electron chi connectivity index (χ4n) is 3.78. The molecule has 20 heavy (non-hydrogen) atoms. The van der Waals surface area contributed by atoms with E-state index >= 15 is 0 Å². The molecule has 0 aromatic carbocycles. The van der Waals surface area contributed by atoms with Crippen LogP contribution in [0, 0.1) is 11.8 Å². The van der Waals surface area contributed by atoms with Gasteiger partial charge in [-0.05, 0) is 58.0 Å². The van der Waals surface area contributed by atoms with E-state index in [4.69, 9.17) is 5.73 Å². The summed E-state index contributed by atoms with van der Waals surface area (Å²) >= 11 is 0. The fraction of sp³-hybridized carbons (Fsp3) is 0.938. The first kappa shape index (κ1) is 15.8. The van der Waals surface area contributed by atoms with Crippen LogP contribution in [-0.4, -0.2) is 43.0 Å². The van der Waals surface area contributed by atoms with Gasteiger partial charge in [-0.2, -0.15) is 0 Å². The molecule has 0 spiro atoms. The van der Waals surface area contributed by atoms with E-state index < -0.39 is 0 Å². The predicted molar refractivity (Wildman–Crippen MR) is 82.4 cm³/mol. The number of hydrogen-bond acceptors (Lipinski definition) is 3. The highest BCUT2D eigenvalue weighted by Crippen LogP contribution is 2.30. The van der Waals surface area contributed by atoms with Gasteiger partial charge in [-0.25, -0.2) is 0 Å². The molecule has 3 N–H and O–H groups in total. The average Bonchev–Trinajstić information content (AvgIpc) is 2.93. The maximum atomic E-state index is 12.1. The van der Waals surface area contributed by atoms with Gasteiger partial charge in [-0.1, -0.05) is 12.8 Å². The van der Waals surface area contributed by atoms with Crippen LogP contribution in [0.4, 0.5) is 0 Å². The lowest BCUT2D eigenvalue weighted by Gasteiger charge is -2.33. The van der Waals surface area contributed by atoms with E-state index in [-0.39, 0.29) is 11.8 Å². The van der Waals surface area contributed by atoms with Crippen LogP contribution in [0.1, 0.15) is 51.9 Å². The minimum atomic E-state index is 0.175. The molecular weight excluding hydrogens is 250 g/mol. The van der Waals surface area contributed by atoms with Gasteiger partial charge in [0.05, 0.1) is 0 Å². The molecule has 0 aromatic heterocycles. The minimum Gasteiger partial charge on any atom is -0.356 e. The number of rotatable bonds is 6. The third-order valence-corrected chi connectivity index (χ3v) is 5.16. The number of nitrogens with two attached hydrogens (primary N) is 1. The van der Waals surface area contributed by atoms with Crippen molar-refractivity contribution in [1.29, 1.82) is 0 Å². The first-order valence-electron chi connectivity index (χ1n) is 8.44. The lowest BCUT2D eigenvalue weighted by molar-refractivity contribution is -0.125. The molecule has 1 saturated carbocycles. The number of carbonyl (C=O) groups excluding carboxylic acids is 1. The summed E-state index contributed by atoms with van der Waals surface area (Å²) in [5.74, 6) is 0.829. The molecule has 1 heterocycles. The normalized spacial score (nSPS) is 31.4. The van der Waals surface area contributed by atoms with Crippen LogP contribution in [0.3, 0.4) is 0 Å². The highest BCUT2D eigenvalue weighted by molar-refractivity contribution is 5.79. The Morgan fingerprint density at radius 1 is 1.25 bits per heavy atom. The van der Waals surface area contributed by atoms with E-state index in [1.165, 1.54) is 25.8 Å². The number of likely N-dealkylation sites (tertiary alicyclic amines) is 1. The summed E-state index contributed by atoms with van der Waals surface area (Å²) in [7, 11) is 0. The standard InChI is InChI=1S/C16H31N3O/c1-13-6-2-3-10-19(13)11-5-9-18-16(20)15-8-4-7-14(15)12-17/h13-15H,2-12,17H2,1H3,(H,18,20). The molecule has 1 saturated heterocycles. The second kappa shape index (κ2) is 7.99. The molecule has 4 nitrogen and oxygen atoms in total. The van der Waals surface area contributed by atoms with Gasteiger partial charge in [0, 0.05) is 25.0 Å². The lowest BCUT2D eigenvalue weighted by atomic mass is 9.95. The van der Waals surface area contributed by atoms with Gasteiger partial charge in [-0.3, -0.25) is 4.79 Å². The Labute approximate surface area is 123 Å². The summed E-state index contributed by atoms with van der Waals surface area (Å²) in [4.78, 5) is 14.7. The quantitative estimate of drug-likeness (QED) is 0.729. The van der Waals surface area contributed by atoms with Crippen LogP contribution < -0.4 is 11.1 Å². The number of nitrogens with one attached hydrogen (secondary N) is 1. The van der Waals surface area contributed by atoms with E-state index in [1.54, 1.807) is 0 Å². The zero-order valence-corrected chi connectivity index (χ0v) is 12.9. The number of nitrogens with zero attached hydrogens (tertiary/aromatic N) is 1. The van der Waals surface area contributed by atoms with E-state index in [9.17, 15) is 4.79 Å². The summed E-state index contributed by atoms with van der Waals surface area (Å²) in [6.07, 6.45) is 8.40. The maximum Gasteiger partial charge on any atom is 0.223 e. The van der Waals surface area contributed by atoms with Crippen molar-refractivity contribution in [2.45, 2.75) is 57.9 Å². The summed E-state index contributed by atoms with van der Waals surface area (Å²) in [5.41, 5.74) is 5.74. The van der Waals surface area contributed by atoms with Gasteiger partial charge in [-0.15, -0.1) is 0 Å². The van der Waals surface area contributed by atoms with E-state index in [2.05, 4.69) is 17.1 Å². The van der Waals surface area contributed by atoms with Crippen molar-refractivity contribution in [3.63, 3.8) is 0 Å². The summed E-state index contributed by atoms with van der Waals surface area (Å²) < 4.78 is 0. The summed E-state index contributed by atoms with van der Waals surface area (Å²) in [6.45, 7) is 6.14. The molecule has 1 aliphatic heterocycles. The lowest BCUT2D eigenvalue weighted by Crippen LogP contribution is -2.40. The van der Waals surface area contributed by atoms with Gasteiger partial charge in [0.2, 0.25) is 5.91 Å². The zero-order valence-electron chi connectivity index (χ0n) is 12.9. The van der Waals surface area contributed by atoms with Gasteiger partial charge in [0.25, 0.3) is 0 Å². The zero-order chi connectivity index (χ0) is 14.4. The first-order valence-corrected chi connectivity index (χ1v) is 8.44. The molecule has 116 valence electrons. The van der Waals surface area contributed by atoms with Crippen LogP contribution >= 0.6 is 0 Å². The second-order valence-corrected chi connectivity index (χ2v) is 6.56. The van der Waals surface area contributed by atoms with Crippen molar-refractivity contribution in [2.24, 2.45) is 17.6 Å². The Morgan fingerprint density at radius 3 is 2.85 bits per heavy atom. The number of hydrogen-bond donors (Lipinski definition) is 2. The van der Waals surface area contributed by atoms with Crippen molar-refractivity contribution < 1.29 is 4.79 Å². The predicted octanol–water partition coefficient (Wildman–Crippen LogP) is 1.74. The van der Waals surface area contributed by atoms with Gasteiger partial charge < -0.3 is 16.0 Å². The second-order valence-electron chi connectivity index (χ2n) is 6.56. The fourth-order valence-corrected chi connectivity index (χ4v) is 3.78. The monoisotopic (exact) mass is 281 g/mol.